The van der Waals surface area contributed by atoms with E-state index in [0.717, 1.165) is 12.0 Å². The van der Waals surface area contributed by atoms with Gasteiger partial charge in [-0.15, -0.1) is 0 Å². The number of amides is 3. The van der Waals surface area contributed by atoms with Crippen LogP contribution >= 0.6 is 12.6 Å². The molecule has 40 heavy (non-hydrogen) atoms. The number of aryl methyl sites for hydroxylation is 1. The smallest absolute Gasteiger partial charge is 0.408 e. The summed E-state index contributed by atoms with van der Waals surface area (Å²) in [7, 11) is 1.58. The average molecular weight is 572 g/mol. The first-order valence-electron chi connectivity index (χ1n) is 13.7. The number of hydrogen-bond acceptors (Lipinski definition) is 6. The van der Waals surface area contributed by atoms with Crippen LogP contribution in [-0.4, -0.2) is 53.4 Å². The normalized spacial score (nSPS) is 13.7. The van der Waals surface area contributed by atoms with E-state index < -0.39 is 29.7 Å². The van der Waals surface area contributed by atoms with Gasteiger partial charge in [0.1, 0.15) is 23.4 Å². The molecule has 2 aromatic carbocycles. The molecule has 0 bridgehead atoms. The van der Waals surface area contributed by atoms with E-state index in [4.69, 9.17) is 9.47 Å². The Morgan fingerprint density at radius 1 is 0.950 bits per heavy atom. The molecule has 0 aliphatic carbocycles. The summed E-state index contributed by atoms with van der Waals surface area (Å²) < 4.78 is 10.6. The molecule has 0 spiro atoms. The molecule has 0 saturated heterocycles. The summed E-state index contributed by atoms with van der Waals surface area (Å²) in [6.07, 6.45) is 0.813. The lowest BCUT2D eigenvalue weighted by molar-refractivity contribution is -0.143. The molecule has 2 rings (SSSR count). The molecule has 0 aromatic heterocycles. The van der Waals surface area contributed by atoms with E-state index in [2.05, 4.69) is 37.1 Å². The molecule has 9 heteroatoms. The number of thiol groups is 1. The van der Waals surface area contributed by atoms with Gasteiger partial charge < -0.3 is 25.0 Å². The Kier molecular flexibility index (Phi) is 12.4. The second-order valence-electron chi connectivity index (χ2n) is 11.5. The highest BCUT2D eigenvalue weighted by atomic mass is 32.1. The van der Waals surface area contributed by atoms with Gasteiger partial charge >= 0.3 is 6.09 Å². The Hall–Kier alpha value is -3.20. The van der Waals surface area contributed by atoms with E-state index in [1.54, 1.807) is 57.0 Å². The third-order valence-corrected chi connectivity index (χ3v) is 6.71. The lowest BCUT2D eigenvalue weighted by Gasteiger charge is -2.38. The van der Waals surface area contributed by atoms with E-state index >= 15 is 0 Å². The van der Waals surface area contributed by atoms with Gasteiger partial charge in [0.15, 0.2) is 0 Å². The van der Waals surface area contributed by atoms with Gasteiger partial charge in [-0.05, 0) is 83.2 Å². The van der Waals surface area contributed by atoms with Gasteiger partial charge in [0.05, 0.1) is 7.11 Å². The van der Waals surface area contributed by atoms with Crippen LogP contribution in [0.4, 0.5) is 10.5 Å². The largest absolute Gasteiger partial charge is 0.497 e. The van der Waals surface area contributed by atoms with Crippen LogP contribution in [0, 0.1) is 12.8 Å². The molecular formula is C31H45N3O5S. The Balaban J connectivity index is 2.54. The minimum Gasteiger partial charge on any atom is -0.497 e. The lowest BCUT2D eigenvalue weighted by atomic mass is 9.96. The summed E-state index contributed by atoms with van der Waals surface area (Å²) in [6, 6.07) is 12.3. The molecule has 0 saturated carbocycles. The number of carbonyl (C=O) groups is 3. The molecule has 3 amide bonds. The topological polar surface area (TPSA) is 97.0 Å². The molecular weight excluding hydrogens is 526 g/mol. The monoisotopic (exact) mass is 571 g/mol. The number of nitrogens with zero attached hydrogens (tertiary/aromatic N) is 1. The Labute approximate surface area is 244 Å². The summed E-state index contributed by atoms with van der Waals surface area (Å²) >= 11 is 4.38. The molecule has 2 N–H and O–H groups in total. The van der Waals surface area contributed by atoms with Crippen molar-refractivity contribution in [2.45, 2.75) is 85.0 Å². The molecule has 3 unspecified atom stereocenters. The lowest BCUT2D eigenvalue weighted by Crippen LogP contribution is -2.55. The number of rotatable bonds is 12. The van der Waals surface area contributed by atoms with Crippen molar-refractivity contribution in [2.75, 3.05) is 18.2 Å². The van der Waals surface area contributed by atoms with E-state index in [-0.39, 0.29) is 17.7 Å². The van der Waals surface area contributed by atoms with Gasteiger partial charge in [0.25, 0.3) is 5.91 Å². The number of benzene rings is 2. The van der Waals surface area contributed by atoms with Crippen molar-refractivity contribution in [3.63, 3.8) is 0 Å². The maximum Gasteiger partial charge on any atom is 0.408 e. The van der Waals surface area contributed by atoms with E-state index in [1.165, 1.54) is 0 Å². The van der Waals surface area contributed by atoms with Crippen molar-refractivity contribution < 1.29 is 23.9 Å². The third kappa shape index (κ3) is 10.1. The highest BCUT2D eigenvalue weighted by Gasteiger charge is 2.38. The van der Waals surface area contributed by atoms with E-state index in [9.17, 15) is 14.4 Å². The standard InChI is InChI=1S/C31H45N3O5S/c1-20(2)9-12-22(4)34(29(36)26(19-40)33-30(37)39-31(5,6)7)27(23-13-10-21(3)11-14-23)28(35)32-24-15-17-25(38-8)18-16-24/h10-11,13-18,20,22,26-27,40H,9,12,19H2,1-8H3,(H,32,35)(H,33,37). The minimum atomic E-state index is -0.999. The van der Waals surface area contributed by atoms with Crippen LogP contribution in [0.5, 0.6) is 5.75 Å². The van der Waals surface area contributed by atoms with Crippen molar-refractivity contribution in [2.24, 2.45) is 5.92 Å². The Morgan fingerprint density at radius 3 is 2.05 bits per heavy atom. The molecule has 220 valence electrons. The molecule has 0 aliphatic rings. The predicted molar refractivity (Wildman–Crippen MR) is 163 cm³/mol. The highest BCUT2D eigenvalue weighted by molar-refractivity contribution is 7.80. The molecule has 3 atom stereocenters. The van der Waals surface area contributed by atoms with E-state index in [0.29, 0.717) is 29.3 Å². The molecule has 0 heterocycles. The summed E-state index contributed by atoms with van der Waals surface area (Å²) in [5.74, 6) is 0.330. The zero-order chi connectivity index (χ0) is 30.0. The number of carbonyl (C=O) groups excluding carboxylic acids is 3. The zero-order valence-electron chi connectivity index (χ0n) is 25.0. The molecule has 0 radical (unpaired) electrons. The van der Waals surface area contributed by atoms with Crippen LogP contribution in [0.25, 0.3) is 0 Å². The number of methoxy groups -OCH3 is 1. The summed E-state index contributed by atoms with van der Waals surface area (Å²) in [5, 5.41) is 5.64. The SMILES string of the molecule is COc1ccc(NC(=O)C(c2ccc(C)cc2)N(C(=O)C(CS)NC(=O)OC(C)(C)C)C(C)CCC(C)C)cc1. The number of alkyl carbamates (subject to hydrolysis) is 1. The summed E-state index contributed by atoms with van der Waals surface area (Å²) in [6.45, 7) is 13.4. The van der Waals surface area contributed by atoms with Crippen molar-refractivity contribution in [1.82, 2.24) is 10.2 Å². The maximum absolute atomic E-state index is 14.2. The van der Waals surface area contributed by atoms with Crippen LogP contribution in [0.2, 0.25) is 0 Å². The first kappa shape index (κ1) is 33.0. The third-order valence-electron chi connectivity index (χ3n) is 6.34. The Morgan fingerprint density at radius 2 is 1.55 bits per heavy atom. The van der Waals surface area contributed by atoms with Gasteiger partial charge in [-0.3, -0.25) is 9.59 Å². The first-order valence-corrected chi connectivity index (χ1v) is 14.3. The van der Waals surface area contributed by atoms with Crippen molar-refractivity contribution in [3.05, 3.63) is 59.7 Å². The van der Waals surface area contributed by atoms with Crippen LogP contribution in [0.3, 0.4) is 0 Å². The fourth-order valence-corrected chi connectivity index (χ4v) is 4.45. The second-order valence-corrected chi connectivity index (χ2v) is 11.8. The number of nitrogens with one attached hydrogen (secondary N) is 2. The Bertz CT molecular complexity index is 1110. The van der Waals surface area contributed by atoms with Crippen LogP contribution in [-0.2, 0) is 14.3 Å². The predicted octanol–water partition coefficient (Wildman–Crippen LogP) is 6.16. The molecule has 0 aliphatic heterocycles. The van der Waals surface area contributed by atoms with Crippen molar-refractivity contribution in [3.8, 4) is 5.75 Å². The van der Waals surface area contributed by atoms with Crippen LogP contribution in [0.1, 0.15) is 71.6 Å². The van der Waals surface area contributed by atoms with Gasteiger partial charge in [0.2, 0.25) is 5.91 Å². The summed E-state index contributed by atoms with van der Waals surface area (Å²) in [5.41, 5.74) is 1.53. The van der Waals surface area contributed by atoms with Gasteiger partial charge in [-0.1, -0.05) is 43.7 Å². The highest BCUT2D eigenvalue weighted by Crippen LogP contribution is 2.29. The zero-order valence-corrected chi connectivity index (χ0v) is 25.9. The van der Waals surface area contributed by atoms with Crippen molar-refractivity contribution >= 4 is 36.2 Å². The minimum absolute atomic E-state index is 0.0339. The van der Waals surface area contributed by atoms with Crippen LogP contribution in [0.15, 0.2) is 48.5 Å². The fraction of sp³-hybridized carbons (Fsp3) is 0.516. The van der Waals surface area contributed by atoms with Crippen molar-refractivity contribution in [1.29, 1.82) is 0 Å². The quantitative estimate of drug-likeness (QED) is 0.265. The molecule has 0 fully saturated rings. The van der Waals surface area contributed by atoms with Gasteiger partial charge in [0, 0.05) is 17.5 Å². The van der Waals surface area contributed by atoms with Gasteiger partial charge in [-0.25, -0.2) is 4.79 Å². The maximum atomic E-state index is 14.2. The average Bonchev–Trinajstić information content (AvgIpc) is 2.88. The first-order chi connectivity index (χ1) is 18.7. The fourth-order valence-electron chi connectivity index (χ4n) is 4.20. The molecule has 2 aromatic rings. The summed E-state index contributed by atoms with van der Waals surface area (Å²) in [4.78, 5) is 42.4. The number of anilines is 1. The molecule has 8 nitrogen and oxygen atoms in total. The number of hydrogen-bond donors (Lipinski definition) is 3. The van der Waals surface area contributed by atoms with E-state index in [1.807, 2.05) is 38.1 Å². The number of ether oxygens (including phenoxy) is 2. The van der Waals surface area contributed by atoms with Crippen LogP contribution < -0.4 is 15.4 Å². The van der Waals surface area contributed by atoms with Gasteiger partial charge in [-0.2, -0.15) is 12.6 Å². The second kappa shape index (κ2) is 15.0.